The van der Waals surface area contributed by atoms with Crippen molar-refractivity contribution in [1.29, 1.82) is 0 Å². The van der Waals surface area contributed by atoms with E-state index in [1.165, 1.54) is 4.90 Å². The Kier molecular flexibility index (Phi) is 4.80. The summed E-state index contributed by atoms with van der Waals surface area (Å²) in [6, 6.07) is 1.14. The summed E-state index contributed by atoms with van der Waals surface area (Å²) in [6.45, 7) is 2.33. The van der Waals surface area contributed by atoms with Crippen molar-refractivity contribution in [2.24, 2.45) is 0 Å². The van der Waals surface area contributed by atoms with E-state index in [1.54, 1.807) is 6.20 Å². The largest absolute Gasteiger partial charge is 0.332 e. The van der Waals surface area contributed by atoms with Crippen LogP contribution in [-0.4, -0.2) is 51.3 Å². The highest BCUT2D eigenvalue weighted by Crippen LogP contribution is 2.44. The molecule has 7 nitrogen and oxygen atoms in total. The predicted octanol–water partition coefficient (Wildman–Crippen LogP) is 2.43. The van der Waals surface area contributed by atoms with Crippen LogP contribution in [0.25, 0.3) is 0 Å². The third-order valence-corrected chi connectivity index (χ3v) is 5.96. The van der Waals surface area contributed by atoms with Gasteiger partial charge in [0.25, 0.3) is 5.91 Å². The molecule has 2 fully saturated rings. The van der Waals surface area contributed by atoms with Crippen molar-refractivity contribution in [2.75, 3.05) is 6.54 Å². The van der Waals surface area contributed by atoms with Gasteiger partial charge in [0.2, 0.25) is 5.91 Å². The molecule has 1 N–H and O–H groups in total. The van der Waals surface area contributed by atoms with E-state index in [1.807, 2.05) is 17.9 Å². The Hall–Kier alpha value is -2.15. The Balaban J connectivity index is 1.43. The van der Waals surface area contributed by atoms with Crippen molar-refractivity contribution >= 4 is 29.4 Å². The lowest BCUT2D eigenvalue weighted by Gasteiger charge is -2.36. The topological polar surface area (TPSA) is 82.6 Å². The van der Waals surface area contributed by atoms with Crippen molar-refractivity contribution in [3.63, 3.8) is 0 Å². The molecule has 8 heteroatoms. The molecule has 1 aromatic rings. The van der Waals surface area contributed by atoms with Crippen molar-refractivity contribution in [1.82, 2.24) is 20.1 Å². The summed E-state index contributed by atoms with van der Waals surface area (Å²) in [5, 5.41) is 3.28. The number of pyridine rings is 1. The summed E-state index contributed by atoms with van der Waals surface area (Å²) in [7, 11) is 0. The van der Waals surface area contributed by atoms with E-state index < -0.39 is 6.04 Å². The molecule has 0 saturated carbocycles. The molecule has 0 aromatic carbocycles. The van der Waals surface area contributed by atoms with Gasteiger partial charge < -0.3 is 10.2 Å². The number of imide groups is 1. The molecule has 144 valence electrons. The van der Waals surface area contributed by atoms with Crippen LogP contribution in [0.15, 0.2) is 12.3 Å². The Labute approximate surface area is 163 Å². The van der Waals surface area contributed by atoms with Crippen LogP contribution in [0.1, 0.15) is 56.3 Å². The standard InChI is InChI=1S/C19H23ClN4O3/c1-2-7-23-18(26)14(22-19(23)27)4-6-17(25)24-12-3-5-16(24)13-8-11(20)10-21-15(13)9-12/h8,10,12,14,16H,2-7,9H2,1H3,(H,22,27). The second-order valence-corrected chi connectivity index (χ2v) is 7.91. The predicted molar refractivity (Wildman–Crippen MR) is 99.1 cm³/mol. The number of hydrogen-bond acceptors (Lipinski definition) is 4. The minimum absolute atomic E-state index is 0.0166. The molecular formula is C19H23ClN4O3. The number of carbonyl (C=O) groups excluding carboxylic acids is 3. The zero-order chi connectivity index (χ0) is 19.1. The highest BCUT2D eigenvalue weighted by molar-refractivity contribution is 6.30. The van der Waals surface area contributed by atoms with Gasteiger partial charge in [-0.05, 0) is 37.3 Å². The number of rotatable bonds is 5. The maximum Gasteiger partial charge on any atom is 0.324 e. The monoisotopic (exact) mass is 390 g/mol. The molecule has 3 aliphatic heterocycles. The summed E-state index contributed by atoms with van der Waals surface area (Å²) in [5.74, 6) is -0.193. The lowest BCUT2D eigenvalue weighted by atomic mass is 9.97. The van der Waals surface area contributed by atoms with Gasteiger partial charge >= 0.3 is 6.03 Å². The first-order chi connectivity index (χ1) is 13.0. The first kappa shape index (κ1) is 18.2. The fraction of sp³-hybridized carbons (Fsp3) is 0.579. The van der Waals surface area contributed by atoms with Crippen LogP contribution in [0.4, 0.5) is 4.79 Å². The zero-order valence-electron chi connectivity index (χ0n) is 15.3. The number of nitrogens with zero attached hydrogens (tertiary/aromatic N) is 3. The van der Waals surface area contributed by atoms with E-state index in [4.69, 9.17) is 11.6 Å². The molecular weight excluding hydrogens is 368 g/mol. The maximum absolute atomic E-state index is 12.9. The second-order valence-electron chi connectivity index (χ2n) is 7.47. The molecule has 4 heterocycles. The fourth-order valence-corrected chi connectivity index (χ4v) is 4.70. The van der Waals surface area contributed by atoms with Crippen LogP contribution in [0, 0.1) is 0 Å². The summed E-state index contributed by atoms with van der Waals surface area (Å²) in [6.07, 6.45) is 5.57. The van der Waals surface area contributed by atoms with Crippen LogP contribution in [-0.2, 0) is 16.0 Å². The molecule has 3 unspecified atom stereocenters. The molecule has 2 bridgehead atoms. The summed E-state index contributed by atoms with van der Waals surface area (Å²) in [4.78, 5) is 44.8. The SMILES string of the molecule is CCCN1C(=O)NC(CCC(=O)N2C3CCC2c2cc(Cl)cnc2C3)C1=O. The van der Waals surface area contributed by atoms with Crippen molar-refractivity contribution in [3.8, 4) is 0 Å². The lowest BCUT2D eigenvalue weighted by Crippen LogP contribution is -2.43. The maximum atomic E-state index is 12.9. The van der Waals surface area contributed by atoms with Crippen LogP contribution in [0.3, 0.4) is 0 Å². The molecule has 1 aromatic heterocycles. The Morgan fingerprint density at radius 1 is 1.37 bits per heavy atom. The van der Waals surface area contributed by atoms with Gasteiger partial charge in [0.15, 0.2) is 0 Å². The number of halogens is 1. The molecule has 2 saturated heterocycles. The molecule has 0 spiro atoms. The van der Waals surface area contributed by atoms with Gasteiger partial charge in [-0.1, -0.05) is 18.5 Å². The van der Waals surface area contributed by atoms with Crippen LogP contribution >= 0.6 is 11.6 Å². The average Bonchev–Trinajstić information content (AvgIpc) is 3.11. The van der Waals surface area contributed by atoms with Crippen molar-refractivity contribution in [3.05, 3.63) is 28.5 Å². The number of amides is 4. The van der Waals surface area contributed by atoms with Gasteiger partial charge in [0.1, 0.15) is 6.04 Å². The van der Waals surface area contributed by atoms with E-state index >= 15 is 0 Å². The number of aromatic nitrogens is 1. The molecule has 4 rings (SSSR count). The van der Waals surface area contributed by atoms with E-state index in [0.717, 1.165) is 36.9 Å². The quantitative estimate of drug-likeness (QED) is 0.783. The van der Waals surface area contributed by atoms with E-state index in [-0.39, 0.29) is 36.3 Å². The molecule has 0 radical (unpaired) electrons. The Bertz CT molecular complexity index is 799. The molecule has 3 atom stereocenters. The highest BCUT2D eigenvalue weighted by Gasteiger charge is 2.44. The summed E-state index contributed by atoms with van der Waals surface area (Å²) >= 11 is 6.11. The zero-order valence-corrected chi connectivity index (χ0v) is 16.0. The second kappa shape index (κ2) is 7.11. The number of hydrogen-bond donors (Lipinski definition) is 1. The molecule has 27 heavy (non-hydrogen) atoms. The highest BCUT2D eigenvalue weighted by atomic mass is 35.5. The van der Waals surface area contributed by atoms with Crippen molar-refractivity contribution in [2.45, 2.75) is 63.6 Å². The van der Waals surface area contributed by atoms with E-state index in [2.05, 4.69) is 10.3 Å². The third kappa shape index (κ3) is 3.18. The molecule has 4 amide bonds. The first-order valence-electron chi connectivity index (χ1n) is 9.57. The van der Waals surface area contributed by atoms with Crippen LogP contribution in [0.2, 0.25) is 5.02 Å². The van der Waals surface area contributed by atoms with E-state index in [0.29, 0.717) is 18.0 Å². The van der Waals surface area contributed by atoms with Gasteiger partial charge in [-0.2, -0.15) is 0 Å². The number of fused-ring (bicyclic) bond motifs is 4. The van der Waals surface area contributed by atoms with Crippen molar-refractivity contribution < 1.29 is 14.4 Å². The first-order valence-corrected chi connectivity index (χ1v) is 9.94. The smallest absolute Gasteiger partial charge is 0.324 e. The van der Waals surface area contributed by atoms with Gasteiger partial charge in [-0.3, -0.25) is 19.5 Å². The van der Waals surface area contributed by atoms with Crippen LogP contribution in [0.5, 0.6) is 0 Å². The molecule has 0 aliphatic carbocycles. The van der Waals surface area contributed by atoms with Crippen LogP contribution < -0.4 is 5.32 Å². The normalized spacial score (nSPS) is 26.4. The minimum atomic E-state index is -0.598. The lowest BCUT2D eigenvalue weighted by molar-refractivity contribution is -0.135. The van der Waals surface area contributed by atoms with Gasteiger partial charge in [0, 0.05) is 37.3 Å². The third-order valence-electron chi connectivity index (χ3n) is 5.75. The minimum Gasteiger partial charge on any atom is -0.332 e. The average molecular weight is 391 g/mol. The number of carbonyl (C=O) groups is 3. The fourth-order valence-electron chi connectivity index (χ4n) is 4.54. The van der Waals surface area contributed by atoms with Gasteiger partial charge in [-0.15, -0.1) is 0 Å². The van der Waals surface area contributed by atoms with E-state index in [9.17, 15) is 14.4 Å². The summed E-state index contributed by atoms with van der Waals surface area (Å²) < 4.78 is 0. The summed E-state index contributed by atoms with van der Waals surface area (Å²) in [5.41, 5.74) is 2.08. The van der Waals surface area contributed by atoms with Gasteiger partial charge in [-0.25, -0.2) is 4.79 Å². The number of urea groups is 1. The number of nitrogens with one attached hydrogen (secondary N) is 1. The Morgan fingerprint density at radius 2 is 2.19 bits per heavy atom. The Morgan fingerprint density at radius 3 is 2.96 bits per heavy atom. The van der Waals surface area contributed by atoms with Gasteiger partial charge in [0.05, 0.1) is 11.1 Å². The molecule has 3 aliphatic rings.